The molecule has 154 valence electrons. The summed E-state index contributed by atoms with van der Waals surface area (Å²) in [6, 6.07) is -1.60. The van der Waals surface area contributed by atoms with Gasteiger partial charge in [0.15, 0.2) is 0 Å². The minimum Gasteiger partial charge on any atom is -0.480 e. The van der Waals surface area contributed by atoms with E-state index >= 15 is 0 Å². The topological polar surface area (TPSA) is 173 Å². The van der Waals surface area contributed by atoms with Crippen LogP contribution in [0.15, 0.2) is 18.6 Å². The maximum atomic E-state index is 12.8. The number of nitrogens with one attached hydrogen (secondary N) is 1. The Morgan fingerprint density at radius 1 is 1.29 bits per heavy atom. The molecule has 1 saturated heterocycles. The summed E-state index contributed by atoms with van der Waals surface area (Å²) >= 11 is 0. The molecule has 1 unspecified atom stereocenters. The molecule has 0 aliphatic carbocycles. The third kappa shape index (κ3) is 7.58. The summed E-state index contributed by atoms with van der Waals surface area (Å²) in [4.78, 5) is 45.5. The van der Waals surface area contributed by atoms with Crippen LogP contribution >= 0.6 is 0 Å². The van der Waals surface area contributed by atoms with Crippen molar-refractivity contribution in [3.05, 3.63) is 24.3 Å². The van der Waals surface area contributed by atoms with Crippen molar-refractivity contribution in [3.63, 3.8) is 0 Å². The van der Waals surface area contributed by atoms with Gasteiger partial charge in [-0.2, -0.15) is 0 Å². The van der Waals surface area contributed by atoms with E-state index in [0.29, 0.717) is 25.8 Å². The Hall–Kier alpha value is -2.57. The highest BCUT2D eigenvalue weighted by Crippen LogP contribution is 2.20. The second kappa shape index (κ2) is 11.3. The molecule has 0 radical (unpaired) electrons. The number of aromatic nitrogens is 2. The number of hydrogen-bond acceptors (Lipinski definition) is 8. The monoisotopic (exact) mass is 396 g/mol. The highest BCUT2D eigenvalue weighted by Gasteiger charge is 2.37. The van der Waals surface area contributed by atoms with Gasteiger partial charge >= 0.3 is 13.3 Å². The number of carbonyl (C=O) groups is 3. The molecule has 0 bridgehead atoms. The Balaban J connectivity index is 0.000000892. The molecule has 2 atom stereocenters. The van der Waals surface area contributed by atoms with E-state index in [9.17, 15) is 19.5 Å². The molecule has 1 aliphatic rings. The number of carboxylic acid groups (broad SMARTS) is 1. The van der Waals surface area contributed by atoms with Gasteiger partial charge in [-0.05, 0) is 25.2 Å². The van der Waals surface area contributed by atoms with Crippen LogP contribution in [0.5, 0.6) is 0 Å². The first-order valence-electron chi connectivity index (χ1n) is 8.77. The highest BCUT2D eigenvalue weighted by atomic mass is 16.5. The number of rotatable bonds is 6. The minimum absolute atomic E-state index is 0.121. The first kappa shape index (κ1) is 23.5. The van der Waals surface area contributed by atoms with Crippen LogP contribution in [0.4, 0.5) is 0 Å². The van der Waals surface area contributed by atoms with Crippen LogP contribution in [0.1, 0.15) is 43.6 Å². The van der Waals surface area contributed by atoms with E-state index in [2.05, 4.69) is 15.3 Å². The molecule has 12 heteroatoms. The molecule has 2 rings (SSSR count). The first-order valence-corrected chi connectivity index (χ1v) is 8.77. The van der Waals surface area contributed by atoms with Gasteiger partial charge in [-0.25, -0.2) is 9.78 Å². The molecule has 1 aliphatic heterocycles. The van der Waals surface area contributed by atoms with E-state index in [1.807, 2.05) is 13.8 Å². The van der Waals surface area contributed by atoms with E-state index in [1.54, 1.807) is 0 Å². The van der Waals surface area contributed by atoms with Crippen LogP contribution in [0.3, 0.4) is 0 Å². The van der Waals surface area contributed by atoms with Crippen LogP contribution in [-0.4, -0.2) is 78.8 Å². The minimum atomic E-state index is -2.17. The largest absolute Gasteiger partial charge is 0.631 e. The van der Waals surface area contributed by atoms with Gasteiger partial charge < -0.3 is 30.4 Å². The number of hydrogen-bond donors (Lipinski definition) is 5. The summed E-state index contributed by atoms with van der Waals surface area (Å²) in [5.41, 5.74) is 0.121. The summed E-state index contributed by atoms with van der Waals surface area (Å²) in [6.07, 6.45) is 5.68. The molecule has 2 amide bonds. The predicted octanol–water partition coefficient (Wildman–Crippen LogP) is -1.36. The molecule has 2 heterocycles. The summed E-state index contributed by atoms with van der Waals surface area (Å²) < 4.78 is 0. The van der Waals surface area contributed by atoms with Crippen molar-refractivity contribution in [1.29, 1.82) is 0 Å². The van der Waals surface area contributed by atoms with E-state index in [1.165, 1.54) is 23.5 Å². The zero-order valence-corrected chi connectivity index (χ0v) is 15.7. The molecule has 1 aromatic rings. The average molecular weight is 396 g/mol. The average Bonchev–Trinajstić information content (AvgIpc) is 3.10. The van der Waals surface area contributed by atoms with Crippen molar-refractivity contribution < 1.29 is 34.6 Å². The van der Waals surface area contributed by atoms with Crippen LogP contribution in [0, 0.1) is 5.92 Å². The molecule has 0 saturated carbocycles. The lowest BCUT2D eigenvalue weighted by Gasteiger charge is -2.28. The number of amides is 2. The Morgan fingerprint density at radius 2 is 1.93 bits per heavy atom. The van der Waals surface area contributed by atoms with Crippen molar-refractivity contribution >= 4 is 25.1 Å². The Morgan fingerprint density at radius 3 is 2.43 bits per heavy atom. The molecule has 1 aromatic heterocycles. The van der Waals surface area contributed by atoms with Crippen LogP contribution in [0.2, 0.25) is 0 Å². The summed E-state index contributed by atoms with van der Waals surface area (Å²) in [5, 5.41) is 33.4. The second-order valence-corrected chi connectivity index (χ2v) is 6.62. The lowest BCUT2D eigenvalue weighted by Crippen LogP contribution is -2.52. The van der Waals surface area contributed by atoms with Crippen LogP contribution < -0.4 is 5.32 Å². The van der Waals surface area contributed by atoms with Gasteiger partial charge in [-0.3, -0.25) is 14.6 Å². The van der Waals surface area contributed by atoms with Crippen LogP contribution in [-0.2, 0) is 9.59 Å². The fourth-order valence-corrected chi connectivity index (χ4v) is 2.83. The van der Waals surface area contributed by atoms with Crippen molar-refractivity contribution in [2.75, 3.05) is 6.54 Å². The molecule has 5 N–H and O–H groups in total. The molecule has 0 aromatic carbocycles. The molecule has 11 nitrogen and oxygen atoms in total. The number of carbonyl (C=O) groups excluding carboxylic acids is 2. The van der Waals surface area contributed by atoms with Gasteiger partial charge in [-0.15, -0.1) is 0 Å². The van der Waals surface area contributed by atoms with E-state index in [0.717, 1.165) is 0 Å². The molecular formula is C16H25BN4O7. The number of likely N-dealkylation sites (tertiary alicyclic amines) is 1. The standard InChI is InChI=1S/C16H22N4O4.BH3O3/c1-10(2)8-11(19-14(21)12-9-17-5-6-18-12)15(22)20-7-3-4-13(20)16(23)24;2-1(3)4/h5-6,9-11,13H,3-4,7-8H2,1-2H3,(H,19,21)(H,23,24);2-4H/t11?,13-;/m0./s1. The fraction of sp³-hybridized carbons (Fsp3) is 0.562. The fourth-order valence-electron chi connectivity index (χ4n) is 2.83. The Labute approximate surface area is 162 Å². The zero-order valence-electron chi connectivity index (χ0n) is 15.7. The van der Waals surface area contributed by atoms with Gasteiger partial charge in [-0.1, -0.05) is 13.8 Å². The lowest BCUT2D eigenvalue weighted by molar-refractivity contribution is -0.149. The third-order valence-electron chi connectivity index (χ3n) is 3.93. The smallest absolute Gasteiger partial charge is 0.480 e. The van der Waals surface area contributed by atoms with Gasteiger partial charge in [0.1, 0.15) is 17.8 Å². The summed E-state index contributed by atoms with van der Waals surface area (Å²) in [6.45, 7) is 4.27. The Bertz CT molecular complexity index is 657. The van der Waals surface area contributed by atoms with Gasteiger partial charge in [0, 0.05) is 18.9 Å². The highest BCUT2D eigenvalue weighted by molar-refractivity contribution is 6.30. The zero-order chi connectivity index (χ0) is 21.3. The first-order chi connectivity index (χ1) is 13.1. The van der Waals surface area contributed by atoms with E-state index < -0.39 is 31.3 Å². The van der Waals surface area contributed by atoms with Crippen molar-refractivity contribution in [1.82, 2.24) is 20.2 Å². The summed E-state index contributed by atoms with van der Waals surface area (Å²) in [7, 11) is -2.17. The maximum Gasteiger partial charge on any atom is 0.631 e. The second-order valence-electron chi connectivity index (χ2n) is 6.62. The lowest BCUT2D eigenvalue weighted by atomic mass is 10.0. The maximum absolute atomic E-state index is 12.8. The predicted molar refractivity (Wildman–Crippen MR) is 97.5 cm³/mol. The van der Waals surface area contributed by atoms with Gasteiger partial charge in [0.25, 0.3) is 5.91 Å². The summed E-state index contributed by atoms with van der Waals surface area (Å²) in [5.74, 6) is -1.70. The normalized spacial score (nSPS) is 16.8. The number of nitrogens with zero attached hydrogens (tertiary/aromatic N) is 3. The molecular weight excluding hydrogens is 371 g/mol. The van der Waals surface area contributed by atoms with Crippen molar-refractivity contribution in [2.45, 2.75) is 45.2 Å². The van der Waals surface area contributed by atoms with E-state index in [4.69, 9.17) is 15.1 Å². The van der Waals surface area contributed by atoms with Crippen LogP contribution in [0.25, 0.3) is 0 Å². The quantitative estimate of drug-likeness (QED) is 0.364. The SMILES string of the molecule is CC(C)CC(NC(=O)c1cnccn1)C(=O)N1CCC[C@H]1C(=O)O.OB(O)O. The third-order valence-corrected chi connectivity index (χ3v) is 3.93. The Kier molecular flexibility index (Phi) is 9.49. The number of aliphatic carboxylic acids is 1. The molecule has 1 fully saturated rings. The van der Waals surface area contributed by atoms with E-state index in [-0.39, 0.29) is 17.5 Å². The number of carboxylic acids is 1. The van der Waals surface area contributed by atoms with Gasteiger partial charge in [0.05, 0.1) is 6.20 Å². The van der Waals surface area contributed by atoms with Crippen molar-refractivity contribution in [3.8, 4) is 0 Å². The molecule has 28 heavy (non-hydrogen) atoms. The van der Waals surface area contributed by atoms with Crippen molar-refractivity contribution in [2.24, 2.45) is 5.92 Å². The molecule has 0 spiro atoms. The van der Waals surface area contributed by atoms with Gasteiger partial charge in [0.2, 0.25) is 5.91 Å².